The first-order valence-corrected chi connectivity index (χ1v) is 11.2. The Hall–Kier alpha value is -2.09. The molecule has 6 nitrogen and oxygen atoms in total. The summed E-state index contributed by atoms with van der Waals surface area (Å²) in [6.45, 7) is 4.35. The predicted octanol–water partition coefficient (Wildman–Crippen LogP) is 3.35. The molecule has 2 rings (SSSR count). The summed E-state index contributed by atoms with van der Waals surface area (Å²) in [7, 11) is -2.46. The average Bonchev–Trinajstić information content (AvgIpc) is 2.70. The van der Waals surface area contributed by atoms with Gasteiger partial charge in [0.1, 0.15) is 5.75 Å². The molecule has 0 atom stereocenters. The van der Waals surface area contributed by atoms with Crippen molar-refractivity contribution in [2.24, 2.45) is 5.92 Å². The molecular weight excluding hydrogens is 412 g/mol. The number of nitrogens with zero attached hydrogens (tertiary/aromatic N) is 1. The van der Waals surface area contributed by atoms with Gasteiger partial charge in [-0.05, 0) is 36.1 Å². The van der Waals surface area contributed by atoms with E-state index in [0.717, 1.165) is 5.56 Å². The zero-order valence-electron chi connectivity index (χ0n) is 16.9. The van der Waals surface area contributed by atoms with Crippen molar-refractivity contribution >= 4 is 27.5 Å². The Balaban J connectivity index is 2.26. The van der Waals surface area contributed by atoms with Crippen molar-refractivity contribution < 1.29 is 17.9 Å². The molecule has 0 aliphatic heterocycles. The highest BCUT2D eigenvalue weighted by atomic mass is 35.5. The number of hydrogen-bond donors (Lipinski definition) is 1. The molecule has 0 spiro atoms. The number of ether oxygens (including phenoxy) is 1. The zero-order chi connectivity index (χ0) is 21.4. The number of sulfonamides is 1. The van der Waals surface area contributed by atoms with Crippen molar-refractivity contribution in [1.29, 1.82) is 0 Å². The molecule has 29 heavy (non-hydrogen) atoms. The molecule has 0 saturated heterocycles. The molecule has 2 aromatic carbocycles. The van der Waals surface area contributed by atoms with E-state index in [-0.39, 0.29) is 34.8 Å². The van der Waals surface area contributed by atoms with Gasteiger partial charge in [-0.2, -0.15) is 4.31 Å². The third kappa shape index (κ3) is 6.73. The van der Waals surface area contributed by atoms with E-state index in [1.165, 1.54) is 29.6 Å². The number of halogens is 1. The number of carbonyl (C=O) groups is 1. The van der Waals surface area contributed by atoms with Gasteiger partial charge in [-0.15, -0.1) is 0 Å². The molecule has 0 unspecified atom stereocenters. The van der Waals surface area contributed by atoms with E-state index in [9.17, 15) is 13.2 Å². The van der Waals surface area contributed by atoms with E-state index in [0.29, 0.717) is 18.7 Å². The van der Waals surface area contributed by atoms with Crippen molar-refractivity contribution in [2.75, 3.05) is 26.7 Å². The Morgan fingerprint density at radius 2 is 1.86 bits per heavy atom. The van der Waals surface area contributed by atoms with Gasteiger partial charge in [0.15, 0.2) is 0 Å². The molecule has 158 valence electrons. The SMILES string of the molecule is COc1ccc(S(=O)(=O)N(CCc2ccccc2)CC(=O)NCC(C)C)cc1Cl. The lowest BCUT2D eigenvalue weighted by Gasteiger charge is -2.22. The monoisotopic (exact) mass is 438 g/mol. The van der Waals surface area contributed by atoms with E-state index in [1.54, 1.807) is 0 Å². The van der Waals surface area contributed by atoms with Crippen molar-refractivity contribution in [1.82, 2.24) is 9.62 Å². The third-order valence-electron chi connectivity index (χ3n) is 4.28. The Bertz CT molecular complexity index is 918. The lowest BCUT2D eigenvalue weighted by molar-refractivity contribution is -0.121. The molecule has 8 heteroatoms. The van der Waals surface area contributed by atoms with Gasteiger partial charge in [-0.25, -0.2) is 8.42 Å². The number of amides is 1. The molecule has 0 saturated carbocycles. The standard InChI is InChI=1S/C21H27ClN2O4S/c1-16(2)14-23-21(25)15-24(12-11-17-7-5-4-6-8-17)29(26,27)18-9-10-20(28-3)19(22)13-18/h4-10,13,16H,11-12,14-15H2,1-3H3,(H,23,25). The predicted molar refractivity (Wildman–Crippen MR) is 115 cm³/mol. The average molecular weight is 439 g/mol. The molecular formula is C21H27ClN2O4S. The van der Waals surface area contributed by atoms with Gasteiger partial charge in [0.05, 0.1) is 23.6 Å². The van der Waals surface area contributed by atoms with Crippen LogP contribution in [0, 0.1) is 5.92 Å². The minimum absolute atomic E-state index is 0.0213. The van der Waals surface area contributed by atoms with E-state index >= 15 is 0 Å². The first-order chi connectivity index (χ1) is 13.7. The summed E-state index contributed by atoms with van der Waals surface area (Å²) in [6.07, 6.45) is 0.488. The first kappa shape index (κ1) is 23.2. The second-order valence-electron chi connectivity index (χ2n) is 7.07. The Labute approximate surface area is 177 Å². The van der Waals surface area contributed by atoms with Gasteiger partial charge in [0.25, 0.3) is 0 Å². The second-order valence-corrected chi connectivity index (χ2v) is 9.41. The van der Waals surface area contributed by atoms with Crippen LogP contribution in [0.5, 0.6) is 5.75 Å². The van der Waals surface area contributed by atoms with Gasteiger partial charge < -0.3 is 10.1 Å². The maximum Gasteiger partial charge on any atom is 0.243 e. The van der Waals surface area contributed by atoms with Crippen LogP contribution in [0.15, 0.2) is 53.4 Å². The number of nitrogens with one attached hydrogen (secondary N) is 1. The Morgan fingerprint density at radius 1 is 1.17 bits per heavy atom. The quantitative estimate of drug-likeness (QED) is 0.617. The maximum atomic E-state index is 13.2. The number of benzene rings is 2. The minimum atomic E-state index is -3.92. The number of methoxy groups -OCH3 is 1. The highest BCUT2D eigenvalue weighted by Crippen LogP contribution is 2.28. The van der Waals surface area contributed by atoms with Crippen molar-refractivity contribution in [2.45, 2.75) is 25.2 Å². The van der Waals surface area contributed by atoms with Crippen molar-refractivity contribution in [3.8, 4) is 5.75 Å². The number of hydrogen-bond acceptors (Lipinski definition) is 4. The maximum absolute atomic E-state index is 13.2. The fourth-order valence-electron chi connectivity index (χ4n) is 2.67. The largest absolute Gasteiger partial charge is 0.495 e. The fourth-order valence-corrected chi connectivity index (χ4v) is 4.42. The van der Waals surface area contributed by atoms with Crippen LogP contribution in [0.2, 0.25) is 5.02 Å². The summed E-state index contributed by atoms with van der Waals surface area (Å²) in [5, 5.41) is 2.97. The number of carbonyl (C=O) groups excluding carboxylic acids is 1. The van der Waals surface area contributed by atoms with Crippen LogP contribution in [0.3, 0.4) is 0 Å². The molecule has 0 aliphatic carbocycles. The van der Waals surface area contributed by atoms with E-state index < -0.39 is 10.0 Å². The van der Waals surface area contributed by atoms with E-state index in [1.807, 2.05) is 44.2 Å². The van der Waals surface area contributed by atoms with Gasteiger partial charge in [0.2, 0.25) is 15.9 Å². The van der Waals surface area contributed by atoms with Gasteiger partial charge in [-0.1, -0.05) is 55.8 Å². The zero-order valence-corrected chi connectivity index (χ0v) is 18.5. The lowest BCUT2D eigenvalue weighted by Crippen LogP contribution is -2.42. The Kier molecular flexibility index (Phi) is 8.49. The van der Waals surface area contributed by atoms with Crippen LogP contribution in [0.25, 0.3) is 0 Å². The summed E-state index contributed by atoms with van der Waals surface area (Å²) in [5.74, 6) is 0.319. The topological polar surface area (TPSA) is 75.7 Å². The number of rotatable bonds is 10. The van der Waals surface area contributed by atoms with E-state index in [4.69, 9.17) is 16.3 Å². The smallest absolute Gasteiger partial charge is 0.243 e. The molecule has 0 radical (unpaired) electrons. The summed E-state index contributed by atoms with van der Waals surface area (Å²) in [4.78, 5) is 12.4. The molecule has 0 fully saturated rings. The molecule has 0 aromatic heterocycles. The molecule has 0 aliphatic rings. The van der Waals surface area contributed by atoms with Gasteiger partial charge >= 0.3 is 0 Å². The summed E-state index contributed by atoms with van der Waals surface area (Å²) < 4.78 is 32.7. The summed E-state index contributed by atoms with van der Waals surface area (Å²) >= 11 is 6.12. The fraction of sp³-hybridized carbons (Fsp3) is 0.381. The van der Waals surface area contributed by atoms with Crippen LogP contribution < -0.4 is 10.1 Å². The Morgan fingerprint density at radius 3 is 2.45 bits per heavy atom. The highest BCUT2D eigenvalue weighted by Gasteiger charge is 2.27. The van der Waals surface area contributed by atoms with Crippen molar-refractivity contribution in [3.63, 3.8) is 0 Å². The van der Waals surface area contributed by atoms with Crippen LogP contribution in [0.4, 0.5) is 0 Å². The molecule has 1 amide bonds. The summed E-state index contributed by atoms with van der Waals surface area (Å²) in [6, 6.07) is 13.8. The van der Waals surface area contributed by atoms with Gasteiger partial charge in [0, 0.05) is 13.1 Å². The van der Waals surface area contributed by atoms with Crippen LogP contribution in [0.1, 0.15) is 19.4 Å². The molecule has 1 N–H and O–H groups in total. The lowest BCUT2D eigenvalue weighted by atomic mass is 10.1. The normalized spacial score (nSPS) is 11.7. The summed E-state index contributed by atoms with van der Waals surface area (Å²) in [5.41, 5.74) is 0.989. The third-order valence-corrected chi connectivity index (χ3v) is 6.42. The van der Waals surface area contributed by atoms with Crippen molar-refractivity contribution in [3.05, 3.63) is 59.1 Å². The van der Waals surface area contributed by atoms with Crippen LogP contribution >= 0.6 is 11.6 Å². The van der Waals surface area contributed by atoms with Gasteiger partial charge in [-0.3, -0.25) is 4.79 Å². The highest BCUT2D eigenvalue weighted by molar-refractivity contribution is 7.89. The minimum Gasteiger partial charge on any atom is -0.495 e. The second kappa shape index (κ2) is 10.6. The molecule has 2 aromatic rings. The van der Waals surface area contributed by atoms with Crippen LogP contribution in [-0.2, 0) is 21.2 Å². The first-order valence-electron chi connectivity index (χ1n) is 9.38. The molecule has 0 bridgehead atoms. The molecule has 0 heterocycles. The van der Waals surface area contributed by atoms with E-state index in [2.05, 4.69) is 5.32 Å². The van der Waals surface area contributed by atoms with Crippen LogP contribution in [-0.4, -0.2) is 45.4 Å².